The SMILES string of the molecule is CC(CNC(C)(C)C)NCc1ccc2cn[nH]c2c1. The minimum Gasteiger partial charge on any atom is -0.311 e. The molecule has 4 nitrogen and oxygen atoms in total. The Morgan fingerprint density at radius 1 is 1.32 bits per heavy atom. The van der Waals surface area contributed by atoms with Gasteiger partial charge in [-0.3, -0.25) is 5.10 Å². The van der Waals surface area contributed by atoms with Crippen molar-refractivity contribution in [3.63, 3.8) is 0 Å². The normalized spacial score (nSPS) is 13.9. The molecule has 0 fully saturated rings. The van der Waals surface area contributed by atoms with Crippen molar-refractivity contribution >= 4 is 10.9 Å². The predicted molar refractivity (Wildman–Crippen MR) is 80.2 cm³/mol. The molecule has 2 rings (SSSR count). The van der Waals surface area contributed by atoms with Crippen molar-refractivity contribution in [1.82, 2.24) is 20.8 Å². The van der Waals surface area contributed by atoms with E-state index in [0.717, 1.165) is 24.0 Å². The number of aromatic nitrogens is 2. The Balaban J connectivity index is 1.84. The Labute approximate surface area is 115 Å². The predicted octanol–water partition coefficient (Wildman–Crippen LogP) is 2.43. The minimum absolute atomic E-state index is 0.171. The molecule has 4 heteroatoms. The number of aromatic amines is 1. The summed E-state index contributed by atoms with van der Waals surface area (Å²) in [6.07, 6.45) is 1.85. The van der Waals surface area contributed by atoms with Crippen molar-refractivity contribution in [2.75, 3.05) is 6.54 Å². The summed E-state index contributed by atoms with van der Waals surface area (Å²) in [5.74, 6) is 0. The highest BCUT2D eigenvalue weighted by Gasteiger charge is 2.10. The molecule has 0 radical (unpaired) electrons. The molecule has 0 aliphatic carbocycles. The maximum Gasteiger partial charge on any atom is 0.0653 e. The summed E-state index contributed by atoms with van der Waals surface area (Å²) in [5.41, 5.74) is 2.55. The second-order valence-corrected chi connectivity index (χ2v) is 6.20. The zero-order chi connectivity index (χ0) is 13.9. The number of nitrogens with zero attached hydrogens (tertiary/aromatic N) is 1. The standard InChI is InChI=1S/C15H24N4/c1-11(8-17-15(2,3)4)16-9-12-5-6-13-10-18-19-14(13)7-12/h5-7,10-11,16-17H,8-9H2,1-4H3,(H,18,19). The second-order valence-electron chi connectivity index (χ2n) is 6.20. The average molecular weight is 260 g/mol. The van der Waals surface area contributed by atoms with Gasteiger partial charge in [-0.05, 0) is 39.3 Å². The molecule has 0 aliphatic rings. The van der Waals surface area contributed by atoms with Gasteiger partial charge in [0.25, 0.3) is 0 Å². The summed E-state index contributed by atoms with van der Waals surface area (Å²) in [7, 11) is 0. The largest absolute Gasteiger partial charge is 0.311 e. The van der Waals surface area contributed by atoms with Crippen LogP contribution in [0.4, 0.5) is 0 Å². The van der Waals surface area contributed by atoms with E-state index in [4.69, 9.17) is 0 Å². The van der Waals surface area contributed by atoms with E-state index in [1.54, 1.807) is 0 Å². The zero-order valence-corrected chi connectivity index (χ0v) is 12.2. The molecule has 19 heavy (non-hydrogen) atoms. The van der Waals surface area contributed by atoms with Gasteiger partial charge in [0.2, 0.25) is 0 Å². The van der Waals surface area contributed by atoms with E-state index >= 15 is 0 Å². The van der Waals surface area contributed by atoms with Gasteiger partial charge in [-0.2, -0.15) is 5.10 Å². The number of fused-ring (bicyclic) bond motifs is 1. The van der Waals surface area contributed by atoms with E-state index in [-0.39, 0.29) is 5.54 Å². The van der Waals surface area contributed by atoms with Gasteiger partial charge in [0.15, 0.2) is 0 Å². The number of nitrogens with one attached hydrogen (secondary N) is 3. The van der Waals surface area contributed by atoms with Crippen molar-refractivity contribution in [3.05, 3.63) is 30.0 Å². The van der Waals surface area contributed by atoms with Gasteiger partial charge in [-0.1, -0.05) is 12.1 Å². The Morgan fingerprint density at radius 2 is 2.11 bits per heavy atom. The van der Waals surface area contributed by atoms with Crippen LogP contribution in [0, 0.1) is 0 Å². The number of hydrogen-bond acceptors (Lipinski definition) is 3. The Bertz CT molecular complexity index is 524. The molecule has 1 aromatic heterocycles. The fraction of sp³-hybridized carbons (Fsp3) is 0.533. The highest BCUT2D eigenvalue weighted by atomic mass is 15.1. The highest BCUT2D eigenvalue weighted by molar-refractivity contribution is 5.78. The van der Waals surface area contributed by atoms with Gasteiger partial charge >= 0.3 is 0 Å². The van der Waals surface area contributed by atoms with Crippen LogP contribution in [-0.2, 0) is 6.54 Å². The topological polar surface area (TPSA) is 52.7 Å². The third kappa shape index (κ3) is 4.33. The lowest BCUT2D eigenvalue weighted by Crippen LogP contribution is -2.44. The summed E-state index contributed by atoms with van der Waals surface area (Å²) in [6.45, 7) is 10.6. The summed E-state index contributed by atoms with van der Waals surface area (Å²) in [4.78, 5) is 0. The first-order valence-electron chi connectivity index (χ1n) is 6.84. The summed E-state index contributed by atoms with van der Waals surface area (Å²) in [6, 6.07) is 6.85. The molecule has 0 amide bonds. The molecule has 104 valence electrons. The van der Waals surface area contributed by atoms with Crippen LogP contribution in [0.25, 0.3) is 10.9 Å². The second kappa shape index (κ2) is 5.72. The van der Waals surface area contributed by atoms with E-state index in [1.165, 1.54) is 5.56 Å². The molecule has 1 aromatic carbocycles. The molecule has 3 N–H and O–H groups in total. The first-order valence-corrected chi connectivity index (χ1v) is 6.84. The van der Waals surface area contributed by atoms with Crippen LogP contribution in [0.1, 0.15) is 33.3 Å². The van der Waals surface area contributed by atoms with Gasteiger partial charge in [0.05, 0.1) is 11.7 Å². The van der Waals surface area contributed by atoms with Gasteiger partial charge in [-0.25, -0.2) is 0 Å². The molecule has 1 unspecified atom stereocenters. The summed E-state index contributed by atoms with van der Waals surface area (Å²) < 4.78 is 0. The summed E-state index contributed by atoms with van der Waals surface area (Å²) in [5, 5.41) is 15.2. The molecular formula is C15H24N4. The summed E-state index contributed by atoms with van der Waals surface area (Å²) >= 11 is 0. The molecule has 1 atom stereocenters. The lowest BCUT2D eigenvalue weighted by Gasteiger charge is -2.24. The van der Waals surface area contributed by atoms with E-state index in [2.05, 4.69) is 66.7 Å². The first kappa shape index (κ1) is 14.0. The van der Waals surface area contributed by atoms with Crippen LogP contribution in [0.15, 0.2) is 24.4 Å². The van der Waals surface area contributed by atoms with Crippen LogP contribution in [0.3, 0.4) is 0 Å². The fourth-order valence-electron chi connectivity index (χ4n) is 1.92. The number of H-pyrrole nitrogens is 1. The van der Waals surface area contributed by atoms with E-state index in [1.807, 2.05) is 6.20 Å². The Morgan fingerprint density at radius 3 is 2.84 bits per heavy atom. The van der Waals surface area contributed by atoms with E-state index < -0.39 is 0 Å². The van der Waals surface area contributed by atoms with Crippen molar-refractivity contribution in [2.45, 2.75) is 45.8 Å². The van der Waals surface area contributed by atoms with Gasteiger partial charge in [0, 0.05) is 30.1 Å². The Kier molecular flexibility index (Phi) is 4.22. The van der Waals surface area contributed by atoms with Gasteiger partial charge in [0.1, 0.15) is 0 Å². The molecular weight excluding hydrogens is 236 g/mol. The molecule has 1 heterocycles. The van der Waals surface area contributed by atoms with Crippen LogP contribution in [0.5, 0.6) is 0 Å². The molecule has 0 spiro atoms. The smallest absolute Gasteiger partial charge is 0.0653 e. The maximum atomic E-state index is 4.04. The average Bonchev–Trinajstić information content (AvgIpc) is 2.80. The molecule has 0 saturated carbocycles. The van der Waals surface area contributed by atoms with E-state index in [9.17, 15) is 0 Å². The fourth-order valence-corrected chi connectivity index (χ4v) is 1.92. The lowest BCUT2D eigenvalue weighted by molar-refractivity contribution is 0.387. The van der Waals surface area contributed by atoms with E-state index in [0.29, 0.717) is 6.04 Å². The quantitative estimate of drug-likeness (QED) is 0.774. The molecule has 2 aromatic rings. The van der Waals surface area contributed by atoms with Crippen LogP contribution in [0.2, 0.25) is 0 Å². The number of hydrogen-bond donors (Lipinski definition) is 3. The molecule has 0 bridgehead atoms. The van der Waals surface area contributed by atoms with Crippen LogP contribution < -0.4 is 10.6 Å². The Hall–Kier alpha value is -1.39. The lowest BCUT2D eigenvalue weighted by atomic mass is 10.1. The van der Waals surface area contributed by atoms with Crippen molar-refractivity contribution in [1.29, 1.82) is 0 Å². The number of rotatable bonds is 5. The highest BCUT2D eigenvalue weighted by Crippen LogP contribution is 2.12. The van der Waals surface area contributed by atoms with Gasteiger partial charge < -0.3 is 10.6 Å². The zero-order valence-electron chi connectivity index (χ0n) is 12.2. The maximum absolute atomic E-state index is 4.04. The van der Waals surface area contributed by atoms with Crippen molar-refractivity contribution < 1.29 is 0 Å². The molecule has 0 saturated heterocycles. The minimum atomic E-state index is 0.171. The monoisotopic (exact) mass is 260 g/mol. The third-order valence-electron chi connectivity index (χ3n) is 3.10. The number of benzene rings is 1. The molecule has 0 aliphatic heterocycles. The third-order valence-corrected chi connectivity index (χ3v) is 3.10. The van der Waals surface area contributed by atoms with Crippen molar-refractivity contribution in [3.8, 4) is 0 Å². The van der Waals surface area contributed by atoms with Crippen molar-refractivity contribution in [2.24, 2.45) is 0 Å². The van der Waals surface area contributed by atoms with Crippen LogP contribution in [-0.4, -0.2) is 28.3 Å². The first-order chi connectivity index (χ1) is 8.94. The van der Waals surface area contributed by atoms with Crippen LogP contribution >= 0.6 is 0 Å². The van der Waals surface area contributed by atoms with Gasteiger partial charge in [-0.15, -0.1) is 0 Å².